The van der Waals surface area contributed by atoms with E-state index in [0.717, 1.165) is 15.5 Å². The van der Waals surface area contributed by atoms with E-state index in [1.54, 1.807) is 0 Å². The van der Waals surface area contributed by atoms with Gasteiger partial charge in [-0.3, -0.25) is 0 Å². The van der Waals surface area contributed by atoms with Gasteiger partial charge in [0.25, 0.3) is 0 Å². The Bertz CT molecular complexity index is 140. The second-order valence-corrected chi connectivity index (χ2v) is 8.37. The van der Waals surface area contributed by atoms with E-state index in [1.807, 2.05) is 0 Å². The number of carbonyl (C=O) groups is 1. The quantitative estimate of drug-likeness (QED) is 0.507. The summed E-state index contributed by atoms with van der Waals surface area (Å²) in [6.45, 7) is 14.8. The Morgan fingerprint density at radius 2 is 1.14 bits per heavy atom. The zero-order chi connectivity index (χ0) is 11.3. The van der Waals surface area contributed by atoms with Crippen LogP contribution >= 0.6 is 8.58 Å². The minimum Gasteiger partial charge on any atom is -0.550 e. The van der Waals surface area contributed by atoms with Crippen molar-refractivity contribution in [1.82, 2.24) is 0 Å². The molecule has 0 aliphatic carbocycles. The van der Waals surface area contributed by atoms with Crippen molar-refractivity contribution in [3.05, 3.63) is 0 Å². The molecule has 0 unspecified atom stereocenters. The minimum atomic E-state index is -1.08. The molecule has 0 bridgehead atoms. The van der Waals surface area contributed by atoms with Crippen molar-refractivity contribution in [2.45, 2.75) is 58.8 Å². The second kappa shape index (κ2) is 7.80. The number of rotatable bonds is 0. The van der Waals surface area contributed by atoms with E-state index in [4.69, 9.17) is 9.90 Å². The molecule has 0 aliphatic heterocycles. The molecule has 0 radical (unpaired) electrons. The Morgan fingerprint density at radius 1 is 1.00 bits per heavy atom. The van der Waals surface area contributed by atoms with E-state index in [2.05, 4.69) is 41.5 Å². The Labute approximate surface area is 104 Å². The van der Waals surface area contributed by atoms with Gasteiger partial charge in [-0.15, -0.1) is 8.58 Å². The van der Waals surface area contributed by atoms with Gasteiger partial charge >= 0.3 is 20.4 Å². The molecule has 4 heteroatoms. The van der Waals surface area contributed by atoms with Gasteiger partial charge in [-0.2, -0.15) is 0 Å². The summed E-state index contributed by atoms with van der Waals surface area (Å²) in [5.41, 5.74) is 0. The third kappa shape index (κ3) is 39.0. The molecule has 88 valence electrons. The summed E-state index contributed by atoms with van der Waals surface area (Å²) in [4.78, 5) is 8.89. The number of hydrogen-bond acceptors (Lipinski definition) is 2. The van der Waals surface area contributed by atoms with E-state index in [0.29, 0.717) is 10.3 Å². The van der Waals surface area contributed by atoms with Gasteiger partial charge in [0.15, 0.2) is 0 Å². The molecule has 0 spiro atoms. The predicted octanol–water partition coefficient (Wildman–Crippen LogP) is 2.02. The number of carboxylic acids is 1. The van der Waals surface area contributed by atoms with Crippen LogP contribution in [0.4, 0.5) is 0 Å². The zero-order valence-electron chi connectivity index (χ0n) is 10.1. The van der Waals surface area contributed by atoms with Crippen LogP contribution in [0, 0.1) is 0 Å². The molecule has 0 aliphatic rings. The van der Waals surface area contributed by atoms with Gasteiger partial charge in [0, 0.05) is 5.97 Å². The van der Waals surface area contributed by atoms with E-state index >= 15 is 0 Å². The normalized spacial score (nSPS) is 10.8. The van der Waals surface area contributed by atoms with E-state index < -0.39 is 5.97 Å². The topological polar surface area (TPSA) is 40.1 Å². The third-order valence-corrected chi connectivity index (χ3v) is 2.25. The maximum absolute atomic E-state index is 8.89. The fraction of sp³-hybridized carbons (Fsp3) is 0.900. The van der Waals surface area contributed by atoms with Gasteiger partial charge in [-0.25, -0.2) is 0 Å². The first-order valence-electron chi connectivity index (χ1n) is 4.41. The number of aliphatic carboxylic acids is 1. The van der Waals surface area contributed by atoms with Gasteiger partial charge in [-0.05, 0) is 17.2 Å². The predicted molar refractivity (Wildman–Crippen MR) is 58.5 cm³/mol. The first kappa shape index (κ1) is 20.0. The Hall–Kier alpha value is 0.562. The number of carboxylic acid groups (broad SMARTS) is 1. The summed E-state index contributed by atoms with van der Waals surface area (Å²) in [5, 5.41) is 9.91. The summed E-state index contributed by atoms with van der Waals surface area (Å²) < 4.78 is 0. The van der Waals surface area contributed by atoms with Crippen LogP contribution in [0.1, 0.15) is 48.5 Å². The van der Waals surface area contributed by atoms with Crippen molar-refractivity contribution in [2.75, 3.05) is 0 Å². The molecule has 0 heterocycles. The number of carbonyl (C=O) groups excluding carboxylic acids is 1. The molecule has 0 amide bonds. The molecule has 0 aromatic heterocycles. The van der Waals surface area contributed by atoms with Crippen molar-refractivity contribution in [3.63, 3.8) is 0 Å². The Morgan fingerprint density at radius 3 is 1.14 bits per heavy atom. The summed E-state index contributed by atoms with van der Waals surface area (Å²) in [5.74, 6) is -1.08. The average Bonchev–Trinajstić information content (AvgIpc) is 1.47. The van der Waals surface area contributed by atoms with Crippen molar-refractivity contribution in [3.8, 4) is 0 Å². The van der Waals surface area contributed by atoms with Crippen molar-refractivity contribution < 1.29 is 30.3 Å². The molecule has 0 aromatic carbocycles. The molecule has 0 N–H and O–H groups in total. The SMILES string of the molecule is CC(=O)[O-].CC(C)(C)PC(C)(C)C.[Pd+2]. The van der Waals surface area contributed by atoms with Crippen LogP contribution in [0.2, 0.25) is 0 Å². The summed E-state index contributed by atoms with van der Waals surface area (Å²) in [7, 11) is 1.05. The standard InChI is InChI=1S/C8H19P.C2H4O2.Pd/c1-7(2,3)9-8(4,5)6;1-2(3)4;/h9H,1-6H3;1H3,(H,3,4);/q;;+2/p-1. The van der Waals surface area contributed by atoms with E-state index in [9.17, 15) is 0 Å². The van der Waals surface area contributed by atoms with E-state index in [1.165, 1.54) is 0 Å². The van der Waals surface area contributed by atoms with Crippen LogP contribution in [-0.4, -0.2) is 16.3 Å². The first-order chi connectivity index (χ1) is 5.44. The largest absolute Gasteiger partial charge is 2.00 e. The fourth-order valence-corrected chi connectivity index (χ4v) is 3.38. The van der Waals surface area contributed by atoms with Crippen molar-refractivity contribution in [2.24, 2.45) is 0 Å². The summed E-state index contributed by atoms with van der Waals surface area (Å²) in [6.07, 6.45) is 0. The molecule has 0 atom stereocenters. The molecule has 0 fully saturated rings. The first-order valence-corrected chi connectivity index (χ1v) is 5.41. The van der Waals surface area contributed by atoms with Gasteiger partial charge in [0.2, 0.25) is 0 Å². The molecule has 0 saturated carbocycles. The molecular formula is C10H22O2PPd+. The van der Waals surface area contributed by atoms with Crippen LogP contribution in [0.25, 0.3) is 0 Å². The Kier molecular flexibility index (Phi) is 11.2. The van der Waals surface area contributed by atoms with Crippen LogP contribution < -0.4 is 5.11 Å². The van der Waals surface area contributed by atoms with Gasteiger partial charge in [-0.1, -0.05) is 41.5 Å². The fourth-order valence-electron chi connectivity index (χ4n) is 1.12. The van der Waals surface area contributed by atoms with Crippen LogP contribution in [0.5, 0.6) is 0 Å². The average molecular weight is 312 g/mol. The van der Waals surface area contributed by atoms with Crippen LogP contribution in [0.15, 0.2) is 0 Å². The maximum Gasteiger partial charge on any atom is 2.00 e. The van der Waals surface area contributed by atoms with E-state index in [-0.39, 0.29) is 20.4 Å². The van der Waals surface area contributed by atoms with Crippen LogP contribution in [0.3, 0.4) is 0 Å². The molecule has 0 aromatic rings. The molecule has 2 nitrogen and oxygen atoms in total. The zero-order valence-corrected chi connectivity index (χ0v) is 12.7. The number of hydrogen-bond donors (Lipinski definition) is 0. The Balaban J connectivity index is -0.000000209. The molecular weight excluding hydrogens is 290 g/mol. The third-order valence-electron chi connectivity index (χ3n) is 0.750. The molecule has 14 heavy (non-hydrogen) atoms. The summed E-state index contributed by atoms with van der Waals surface area (Å²) in [6, 6.07) is 0. The molecule has 0 saturated heterocycles. The summed E-state index contributed by atoms with van der Waals surface area (Å²) >= 11 is 0. The van der Waals surface area contributed by atoms with Crippen molar-refractivity contribution >= 4 is 14.6 Å². The van der Waals surface area contributed by atoms with Crippen LogP contribution in [-0.2, 0) is 25.2 Å². The minimum absolute atomic E-state index is 0. The smallest absolute Gasteiger partial charge is 0.550 e. The maximum atomic E-state index is 8.89. The van der Waals surface area contributed by atoms with Gasteiger partial charge in [0.1, 0.15) is 0 Å². The van der Waals surface area contributed by atoms with Gasteiger partial charge in [0.05, 0.1) is 0 Å². The monoisotopic (exact) mass is 311 g/mol. The second-order valence-electron chi connectivity index (χ2n) is 5.12. The van der Waals surface area contributed by atoms with Crippen molar-refractivity contribution in [1.29, 1.82) is 0 Å². The van der Waals surface area contributed by atoms with Gasteiger partial charge < -0.3 is 9.90 Å². The molecule has 0 rings (SSSR count).